The third-order valence-electron chi connectivity index (χ3n) is 3.84. The highest BCUT2D eigenvalue weighted by Gasteiger charge is 2.39. The normalized spacial score (nSPS) is 24.8. The van der Waals surface area contributed by atoms with Gasteiger partial charge in [-0.3, -0.25) is 10.2 Å². The van der Waals surface area contributed by atoms with Crippen LogP contribution in [0.5, 0.6) is 0 Å². The first-order valence-corrected chi connectivity index (χ1v) is 10.1. The molecule has 1 amide bonds. The molecule has 1 heterocycles. The zero-order valence-corrected chi connectivity index (χ0v) is 15.5. The van der Waals surface area contributed by atoms with Crippen molar-refractivity contribution in [3.63, 3.8) is 0 Å². The van der Waals surface area contributed by atoms with Crippen LogP contribution in [0.4, 0.5) is 0 Å². The lowest BCUT2D eigenvalue weighted by molar-refractivity contribution is -0.122. The number of halogens is 1. The van der Waals surface area contributed by atoms with Crippen LogP contribution in [0.3, 0.4) is 0 Å². The number of amides is 1. The van der Waals surface area contributed by atoms with Crippen molar-refractivity contribution in [2.24, 2.45) is 5.92 Å². The Morgan fingerprint density at radius 3 is 2.48 bits per heavy atom. The smallest absolute Gasteiger partial charge is 0.239 e. The molecule has 0 bridgehead atoms. The zero-order chi connectivity index (χ0) is 17.0. The van der Waals surface area contributed by atoms with E-state index in [0.717, 1.165) is 0 Å². The Hall–Kier alpha value is -0.960. The van der Waals surface area contributed by atoms with Crippen LogP contribution in [-0.4, -0.2) is 43.5 Å². The number of hydrazine groups is 1. The molecule has 1 aliphatic heterocycles. The monoisotopic (exact) mass is 403 g/mol. The minimum absolute atomic E-state index is 0.0479. The highest BCUT2D eigenvalue weighted by Crippen LogP contribution is 2.21. The van der Waals surface area contributed by atoms with Crippen molar-refractivity contribution in [2.45, 2.75) is 35.7 Å². The predicted molar refractivity (Wildman–Crippen MR) is 92.9 cm³/mol. The molecule has 1 fully saturated rings. The van der Waals surface area contributed by atoms with E-state index in [0.29, 0.717) is 5.92 Å². The van der Waals surface area contributed by atoms with Gasteiger partial charge >= 0.3 is 0 Å². The second-order valence-electron chi connectivity index (χ2n) is 5.90. The second kappa shape index (κ2) is 7.74. The molecule has 0 spiro atoms. The van der Waals surface area contributed by atoms with Crippen LogP contribution in [0.2, 0.25) is 0 Å². The Kier molecular flexibility index (Phi) is 6.19. The van der Waals surface area contributed by atoms with E-state index < -0.39 is 15.9 Å². The summed E-state index contributed by atoms with van der Waals surface area (Å²) >= 11 is 3.54. The van der Waals surface area contributed by atoms with Crippen LogP contribution in [-0.2, 0) is 14.6 Å². The van der Waals surface area contributed by atoms with Gasteiger partial charge < -0.3 is 5.32 Å². The van der Waals surface area contributed by atoms with Crippen LogP contribution in [0, 0.1) is 5.92 Å². The van der Waals surface area contributed by atoms with Crippen LogP contribution in [0.1, 0.15) is 13.8 Å². The highest BCUT2D eigenvalue weighted by molar-refractivity contribution is 9.09. The largest absolute Gasteiger partial charge is 0.354 e. The second-order valence-corrected chi connectivity index (χ2v) is 9.07. The summed E-state index contributed by atoms with van der Waals surface area (Å²) in [6.07, 6.45) is 0. The summed E-state index contributed by atoms with van der Waals surface area (Å²) in [6, 6.07) is 7.95. The topological polar surface area (TPSA) is 87.3 Å². The molecule has 0 saturated carbocycles. The van der Waals surface area contributed by atoms with Gasteiger partial charge in [0.15, 0.2) is 9.84 Å². The van der Waals surface area contributed by atoms with E-state index in [-0.39, 0.29) is 34.0 Å². The molecule has 1 aromatic carbocycles. The molecule has 1 aliphatic rings. The summed E-state index contributed by atoms with van der Waals surface area (Å²) in [7, 11) is -3.38. The lowest BCUT2D eigenvalue weighted by Crippen LogP contribution is -2.47. The van der Waals surface area contributed by atoms with Gasteiger partial charge in [-0.05, 0) is 18.1 Å². The summed E-state index contributed by atoms with van der Waals surface area (Å²) in [5.74, 6) is 0.0256. The predicted octanol–water partition coefficient (Wildman–Crippen LogP) is 0.841. The van der Waals surface area contributed by atoms with Crippen molar-refractivity contribution < 1.29 is 13.2 Å². The molecule has 6 nitrogen and oxygen atoms in total. The number of rotatable bonds is 6. The van der Waals surface area contributed by atoms with Gasteiger partial charge in [0.2, 0.25) is 5.91 Å². The molecule has 0 aliphatic carbocycles. The summed E-state index contributed by atoms with van der Waals surface area (Å²) in [4.78, 5) is 12.4. The van der Waals surface area contributed by atoms with Gasteiger partial charge in [0.1, 0.15) is 6.04 Å². The van der Waals surface area contributed by atoms with E-state index in [4.69, 9.17) is 0 Å². The Balaban J connectivity index is 1.86. The Morgan fingerprint density at radius 1 is 1.26 bits per heavy atom. The van der Waals surface area contributed by atoms with Gasteiger partial charge in [-0.1, -0.05) is 48.0 Å². The number of carbonyl (C=O) groups excluding carboxylic acids is 1. The van der Waals surface area contributed by atoms with E-state index in [2.05, 4.69) is 45.9 Å². The number of benzene rings is 1. The maximum Gasteiger partial charge on any atom is 0.239 e. The lowest BCUT2D eigenvalue weighted by Gasteiger charge is -2.19. The third-order valence-corrected chi connectivity index (χ3v) is 6.67. The molecule has 3 atom stereocenters. The van der Waals surface area contributed by atoms with E-state index in [9.17, 15) is 13.2 Å². The average molecular weight is 404 g/mol. The van der Waals surface area contributed by atoms with Gasteiger partial charge in [-0.2, -0.15) is 0 Å². The van der Waals surface area contributed by atoms with Crippen molar-refractivity contribution in [1.29, 1.82) is 0 Å². The molecule has 8 heteroatoms. The number of hydrogen-bond acceptors (Lipinski definition) is 5. The van der Waals surface area contributed by atoms with Gasteiger partial charge in [0.05, 0.1) is 15.5 Å². The average Bonchev–Trinajstić information content (AvgIpc) is 2.90. The maximum atomic E-state index is 12.2. The van der Waals surface area contributed by atoms with Gasteiger partial charge in [0, 0.05) is 12.6 Å². The standard InChI is InChI=1S/C15H22BrN3O3S/c1-10(2)13-12(16)14(19-18-13)15(20)17-8-9-23(21,22)11-6-4-3-5-7-11/h3-7,10,12-14,18-19H,8-9H2,1-2H3,(H,17,20). The molecule has 3 N–H and O–H groups in total. The van der Waals surface area contributed by atoms with E-state index in [1.165, 1.54) is 0 Å². The Labute approximate surface area is 145 Å². The van der Waals surface area contributed by atoms with Gasteiger partial charge in [0.25, 0.3) is 0 Å². The van der Waals surface area contributed by atoms with Crippen molar-refractivity contribution in [2.75, 3.05) is 12.3 Å². The van der Waals surface area contributed by atoms with Crippen molar-refractivity contribution in [3.8, 4) is 0 Å². The van der Waals surface area contributed by atoms with Crippen molar-refractivity contribution in [1.82, 2.24) is 16.2 Å². The molecule has 2 rings (SSSR count). The first-order valence-electron chi connectivity index (χ1n) is 7.53. The molecule has 0 aromatic heterocycles. The third kappa shape index (κ3) is 4.53. The number of alkyl halides is 1. The quantitative estimate of drug-likeness (QED) is 0.612. The van der Waals surface area contributed by atoms with Crippen molar-refractivity contribution in [3.05, 3.63) is 30.3 Å². The molecule has 0 radical (unpaired) electrons. The SMILES string of the molecule is CC(C)C1NNC(C(=O)NCCS(=O)(=O)c2ccccc2)C1Br. The molecule has 1 saturated heterocycles. The summed E-state index contributed by atoms with van der Waals surface area (Å²) < 4.78 is 24.3. The summed E-state index contributed by atoms with van der Waals surface area (Å²) in [5, 5.41) is 2.69. The molecule has 1 aromatic rings. The van der Waals surface area contributed by atoms with Crippen LogP contribution < -0.4 is 16.2 Å². The number of sulfone groups is 1. The van der Waals surface area contributed by atoms with E-state index >= 15 is 0 Å². The minimum atomic E-state index is -3.38. The zero-order valence-electron chi connectivity index (χ0n) is 13.1. The maximum absolute atomic E-state index is 12.2. The fraction of sp³-hybridized carbons (Fsp3) is 0.533. The molecule has 23 heavy (non-hydrogen) atoms. The first-order chi connectivity index (χ1) is 10.8. The van der Waals surface area contributed by atoms with E-state index in [1.807, 2.05) is 0 Å². The fourth-order valence-corrected chi connectivity index (χ4v) is 4.75. The molecular weight excluding hydrogens is 382 g/mol. The lowest BCUT2D eigenvalue weighted by atomic mass is 9.99. The van der Waals surface area contributed by atoms with Gasteiger partial charge in [-0.15, -0.1) is 0 Å². The van der Waals surface area contributed by atoms with Crippen LogP contribution >= 0.6 is 15.9 Å². The van der Waals surface area contributed by atoms with Crippen molar-refractivity contribution >= 4 is 31.7 Å². The van der Waals surface area contributed by atoms with E-state index in [1.54, 1.807) is 30.3 Å². The fourth-order valence-electron chi connectivity index (χ4n) is 2.46. The Morgan fingerprint density at radius 2 is 1.91 bits per heavy atom. The molecule has 128 valence electrons. The summed E-state index contributed by atoms with van der Waals surface area (Å²) in [6.45, 7) is 4.22. The number of carbonyl (C=O) groups is 1. The molecular formula is C15H22BrN3O3S. The van der Waals surface area contributed by atoms with Gasteiger partial charge in [-0.25, -0.2) is 13.8 Å². The number of nitrogens with one attached hydrogen (secondary N) is 3. The summed E-state index contributed by atoms with van der Waals surface area (Å²) in [5.41, 5.74) is 6.05. The van der Waals surface area contributed by atoms with Crippen LogP contribution in [0.25, 0.3) is 0 Å². The first kappa shape index (κ1) is 18.4. The number of hydrogen-bond donors (Lipinski definition) is 3. The van der Waals surface area contributed by atoms with Crippen LogP contribution in [0.15, 0.2) is 35.2 Å². The Bertz CT molecular complexity index is 637. The molecule has 3 unspecified atom stereocenters. The minimum Gasteiger partial charge on any atom is -0.354 e. The highest BCUT2D eigenvalue weighted by atomic mass is 79.9.